The quantitative estimate of drug-likeness (QED) is 0.632. The second-order valence-corrected chi connectivity index (χ2v) is 7.31. The van der Waals surface area contributed by atoms with Crippen molar-refractivity contribution in [2.24, 2.45) is 23.2 Å². The third-order valence-corrected chi connectivity index (χ3v) is 5.20. The molecule has 0 aliphatic heterocycles. The molecular weight excluding hydrogens is 220 g/mol. The smallest absolute Gasteiger partial charge is 0.133 e. The highest BCUT2D eigenvalue weighted by molar-refractivity contribution is 5.79. The van der Waals surface area contributed by atoms with Crippen molar-refractivity contribution in [2.45, 2.75) is 79.6 Å². The maximum absolute atomic E-state index is 11.7. The molecule has 1 saturated carbocycles. The summed E-state index contributed by atoms with van der Waals surface area (Å²) in [5.74, 6) is 2.73. The Morgan fingerprint density at radius 2 is 1.83 bits per heavy atom. The maximum Gasteiger partial charge on any atom is 0.133 e. The van der Waals surface area contributed by atoms with Crippen LogP contribution in [0.2, 0.25) is 0 Å². The molecule has 1 aliphatic carbocycles. The van der Waals surface area contributed by atoms with Crippen molar-refractivity contribution in [3.8, 4) is 0 Å². The van der Waals surface area contributed by atoms with Crippen LogP contribution in [0, 0.1) is 23.2 Å². The van der Waals surface area contributed by atoms with Crippen LogP contribution in [0.4, 0.5) is 0 Å². The van der Waals surface area contributed by atoms with E-state index in [2.05, 4.69) is 34.6 Å². The van der Waals surface area contributed by atoms with Crippen molar-refractivity contribution in [1.82, 2.24) is 0 Å². The number of hydrogen-bond donors (Lipinski definition) is 0. The molecule has 1 aliphatic rings. The molecule has 0 aromatic carbocycles. The molecule has 0 N–H and O–H groups in total. The molecule has 0 aromatic rings. The fraction of sp³-hybridized carbons (Fsp3) is 0.941. The lowest BCUT2D eigenvalue weighted by molar-refractivity contribution is -0.125. The van der Waals surface area contributed by atoms with E-state index in [0.29, 0.717) is 11.7 Å². The molecule has 0 aromatic heterocycles. The van der Waals surface area contributed by atoms with E-state index in [0.717, 1.165) is 31.1 Å². The van der Waals surface area contributed by atoms with Gasteiger partial charge in [0.25, 0.3) is 0 Å². The number of carbonyl (C=O) groups excluding carboxylic acids is 1. The zero-order valence-electron chi connectivity index (χ0n) is 13.1. The van der Waals surface area contributed by atoms with Crippen LogP contribution in [-0.4, -0.2) is 5.78 Å². The minimum absolute atomic E-state index is 0.270. The van der Waals surface area contributed by atoms with E-state index >= 15 is 0 Å². The summed E-state index contributed by atoms with van der Waals surface area (Å²) in [6, 6.07) is 0. The molecule has 1 fully saturated rings. The van der Waals surface area contributed by atoms with Crippen molar-refractivity contribution in [3.63, 3.8) is 0 Å². The molecule has 0 saturated heterocycles. The van der Waals surface area contributed by atoms with Gasteiger partial charge in [-0.15, -0.1) is 0 Å². The monoisotopic (exact) mass is 252 g/mol. The second kappa shape index (κ2) is 6.73. The molecule has 0 bridgehead atoms. The molecular formula is C17H32O. The Labute approximate surface area is 114 Å². The van der Waals surface area contributed by atoms with Crippen LogP contribution in [0.3, 0.4) is 0 Å². The largest absolute Gasteiger partial charge is 0.300 e. The fourth-order valence-electron chi connectivity index (χ4n) is 3.49. The van der Waals surface area contributed by atoms with Crippen LogP contribution in [-0.2, 0) is 4.79 Å². The van der Waals surface area contributed by atoms with E-state index in [1.54, 1.807) is 0 Å². The molecule has 18 heavy (non-hydrogen) atoms. The van der Waals surface area contributed by atoms with Crippen molar-refractivity contribution < 1.29 is 4.79 Å². The summed E-state index contributed by atoms with van der Waals surface area (Å²) in [4.78, 5) is 11.7. The number of ketones is 1. The van der Waals surface area contributed by atoms with Crippen molar-refractivity contribution >= 4 is 5.78 Å². The number of hydrogen-bond acceptors (Lipinski definition) is 1. The SMILES string of the molecule is CC(C)CCC[C@@H](C)C(C)C1(C)CCCC(=O)C1. The summed E-state index contributed by atoms with van der Waals surface area (Å²) in [7, 11) is 0. The maximum atomic E-state index is 11.7. The lowest BCUT2D eigenvalue weighted by atomic mass is 9.63. The summed E-state index contributed by atoms with van der Waals surface area (Å²) in [5.41, 5.74) is 0.270. The number of carbonyl (C=O) groups is 1. The van der Waals surface area contributed by atoms with Crippen LogP contribution in [0.5, 0.6) is 0 Å². The third kappa shape index (κ3) is 4.40. The molecule has 0 amide bonds. The van der Waals surface area contributed by atoms with Gasteiger partial charge in [-0.1, -0.05) is 53.9 Å². The van der Waals surface area contributed by atoms with E-state index in [-0.39, 0.29) is 5.41 Å². The highest BCUT2D eigenvalue weighted by Gasteiger charge is 2.38. The zero-order chi connectivity index (χ0) is 13.8. The Hall–Kier alpha value is -0.330. The highest BCUT2D eigenvalue weighted by Crippen LogP contribution is 2.44. The minimum atomic E-state index is 0.270. The van der Waals surface area contributed by atoms with Gasteiger partial charge >= 0.3 is 0 Å². The fourth-order valence-corrected chi connectivity index (χ4v) is 3.49. The molecule has 0 radical (unpaired) electrons. The first kappa shape index (κ1) is 15.7. The van der Waals surface area contributed by atoms with Gasteiger partial charge in [-0.25, -0.2) is 0 Å². The van der Waals surface area contributed by atoms with Gasteiger partial charge in [0.1, 0.15) is 5.78 Å². The number of rotatable bonds is 6. The van der Waals surface area contributed by atoms with Crippen molar-refractivity contribution in [1.29, 1.82) is 0 Å². The average Bonchev–Trinajstić information content (AvgIpc) is 2.27. The molecule has 2 unspecified atom stereocenters. The van der Waals surface area contributed by atoms with Gasteiger partial charge < -0.3 is 0 Å². The molecule has 0 spiro atoms. The molecule has 1 rings (SSSR count). The Morgan fingerprint density at radius 1 is 1.17 bits per heavy atom. The van der Waals surface area contributed by atoms with E-state index in [4.69, 9.17) is 0 Å². The van der Waals surface area contributed by atoms with Gasteiger partial charge in [-0.3, -0.25) is 4.79 Å². The van der Waals surface area contributed by atoms with E-state index < -0.39 is 0 Å². The van der Waals surface area contributed by atoms with Gasteiger partial charge in [0.05, 0.1) is 0 Å². The van der Waals surface area contributed by atoms with Crippen LogP contribution in [0.25, 0.3) is 0 Å². The first-order valence-corrected chi connectivity index (χ1v) is 7.87. The highest BCUT2D eigenvalue weighted by atomic mass is 16.1. The zero-order valence-corrected chi connectivity index (χ0v) is 13.1. The predicted octanol–water partition coefficient (Wildman–Crippen LogP) is 5.23. The Morgan fingerprint density at radius 3 is 2.39 bits per heavy atom. The summed E-state index contributed by atoms with van der Waals surface area (Å²) in [6.45, 7) is 11.7. The van der Waals surface area contributed by atoms with Crippen molar-refractivity contribution in [2.75, 3.05) is 0 Å². The molecule has 1 heteroatoms. The lowest BCUT2D eigenvalue weighted by Crippen LogP contribution is -2.35. The first-order valence-electron chi connectivity index (χ1n) is 7.87. The first-order chi connectivity index (χ1) is 8.35. The predicted molar refractivity (Wildman–Crippen MR) is 78.6 cm³/mol. The van der Waals surface area contributed by atoms with E-state index in [9.17, 15) is 4.79 Å². The standard InChI is InChI=1S/C17H32O/c1-13(2)8-6-9-14(3)15(4)17(5)11-7-10-16(18)12-17/h13-15H,6-12H2,1-5H3/t14-,15?,17?/m1/s1. The van der Waals surface area contributed by atoms with Gasteiger partial charge in [0.15, 0.2) is 0 Å². The van der Waals surface area contributed by atoms with Gasteiger partial charge in [0, 0.05) is 12.8 Å². The van der Waals surface area contributed by atoms with Gasteiger partial charge in [0.2, 0.25) is 0 Å². The third-order valence-electron chi connectivity index (χ3n) is 5.20. The van der Waals surface area contributed by atoms with Gasteiger partial charge in [-0.2, -0.15) is 0 Å². The Bertz CT molecular complexity index is 269. The number of Topliss-reactive ketones (excluding diaryl/α,β-unsaturated/α-hetero) is 1. The lowest BCUT2D eigenvalue weighted by Gasteiger charge is -2.41. The van der Waals surface area contributed by atoms with Crippen LogP contribution in [0.1, 0.15) is 79.6 Å². The topological polar surface area (TPSA) is 17.1 Å². The molecule has 106 valence electrons. The Kier molecular flexibility index (Phi) is 5.88. The molecule has 0 heterocycles. The minimum Gasteiger partial charge on any atom is -0.300 e. The average molecular weight is 252 g/mol. The second-order valence-electron chi connectivity index (χ2n) is 7.31. The normalized spacial score (nSPS) is 28.4. The van der Waals surface area contributed by atoms with E-state index in [1.807, 2.05) is 0 Å². The van der Waals surface area contributed by atoms with Crippen LogP contribution in [0.15, 0.2) is 0 Å². The van der Waals surface area contributed by atoms with Crippen LogP contribution >= 0.6 is 0 Å². The summed E-state index contributed by atoms with van der Waals surface area (Å²) >= 11 is 0. The summed E-state index contributed by atoms with van der Waals surface area (Å²) < 4.78 is 0. The Balaban J connectivity index is 2.46. The van der Waals surface area contributed by atoms with Crippen molar-refractivity contribution in [3.05, 3.63) is 0 Å². The van der Waals surface area contributed by atoms with Gasteiger partial charge in [-0.05, 0) is 36.0 Å². The summed E-state index contributed by atoms with van der Waals surface area (Å²) in [6.07, 6.45) is 8.00. The molecule has 1 nitrogen and oxygen atoms in total. The van der Waals surface area contributed by atoms with E-state index in [1.165, 1.54) is 25.7 Å². The molecule has 3 atom stereocenters. The summed E-state index contributed by atoms with van der Waals surface area (Å²) in [5, 5.41) is 0. The van der Waals surface area contributed by atoms with Crippen LogP contribution < -0.4 is 0 Å².